The number of anilines is 1. The Kier molecular flexibility index (Phi) is 4.90. The lowest BCUT2D eigenvalue weighted by Crippen LogP contribution is -2.18. The highest BCUT2D eigenvalue weighted by Gasteiger charge is 2.21. The zero-order valence-electron chi connectivity index (χ0n) is 12.7. The van der Waals surface area contributed by atoms with Crippen LogP contribution in [0.2, 0.25) is 0 Å². The third-order valence-electron chi connectivity index (χ3n) is 3.96. The molecule has 2 heterocycles. The molecule has 0 bridgehead atoms. The van der Waals surface area contributed by atoms with Crippen molar-refractivity contribution in [2.24, 2.45) is 0 Å². The first-order chi connectivity index (χ1) is 10.8. The van der Waals surface area contributed by atoms with Crippen molar-refractivity contribution in [3.8, 4) is 0 Å². The summed E-state index contributed by atoms with van der Waals surface area (Å²) in [6.45, 7) is 3.10. The fourth-order valence-corrected chi connectivity index (χ4v) is 3.58. The lowest BCUT2D eigenvalue weighted by Gasteiger charge is -2.15. The Hall–Kier alpha value is -1.66. The maximum Gasteiger partial charge on any atom is 0.274 e. The summed E-state index contributed by atoms with van der Waals surface area (Å²) in [6.07, 6.45) is 6.82. The maximum atomic E-state index is 12.5. The monoisotopic (exact) mass is 319 g/mol. The molecule has 0 atom stereocenters. The second-order valence-corrected chi connectivity index (χ2v) is 6.33. The fraction of sp³-hybridized carbons (Fsp3) is 0.500. The van der Waals surface area contributed by atoms with Crippen molar-refractivity contribution < 1.29 is 9.53 Å². The highest BCUT2D eigenvalue weighted by Crippen LogP contribution is 2.31. The smallest absolute Gasteiger partial charge is 0.274 e. The van der Waals surface area contributed by atoms with Crippen LogP contribution in [-0.2, 0) is 11.3 Å². The first kappa shape index (κ1) is 15.2. The number of carbonyl (C=O) groups excluding carboxylic acids is 1. The highest BCUT2D eigenvalue weighted by atomic mass is 32.1. The minimum absolute atomic E-state index is 0.0887. The molecule has 6 heteroatoms. The molecule has 118 valence electrons. The van der Waals surface area contributed by atoms with Crippen LogP contribution in [0.1, 0.15) is 54.8 Å². The molecule has 0 unspecified atom stereocenters. The van der Waals surface area contributed by atoms with Crippen molar-refractivity contribution >= 4 is 22.4 Å². The summed E-state index contributed by atoms with van der Waals surface area (Å²) in [4.78, 5) is 16.9. The van der Waals surface area contributed by atoms with Gasteiger partial charge < -0.3 is 9.30 Å². The van der Waals surface area contributed by atoms with Gasteiger partial charge in [-0.3, -0.25) is 10.1 Å². The quantitative estimate of drug-likeness (QED) is 0.880. The molecule has 2 aromatic rings. The number of aromatic nitrogens is 2. The van der Waals surface area contributed by atoms with Crippen LogP contribution >= 0.6 is 11.3 Å². The summed E-state index contributed by atoms with van der Waals surface area (Å²) in [5, 5.41) is 5.44. The topological polar surface area (TPSA) is 56.1 Å². The molecule has 0 spiro atoms. The van der Waals surface area contributed by atoms with Crippen LogP contribution in [-0.4, -0.2) is 22.1 Å². The predicted molar refractivity (Wildman–Crippen MR) is 87.3 cm³/mol. The summed E-state index contributed by atoms with van der Waals surface area (Å²) in [5.74, 6) is -0.0887. The van der Waals surface area contributed by atoms with Gasteiger partial charge >= 0.3 is 0 Å². The molecule has 0 saturated heterocycles. The Labute approximate surface area is 134 Å². The lowest BCUT2D eigenvalue weighted by atomic mass is 10.2. The predicted octanol–water partition coefficient (Wildman–Crippen LogP) is 3.85. The average molecular weight is 319 g/mol. The molecule has 1 aliphatic rings. The molecule has 0 radical (unpaired) electrons. The first-order valence-corrected chi connectivity index (χ1v) is 8.66. The van der Waals surface area contributed by atoms with Gasteiger partial charge in [0.25, 0.3) is 5.91 Å². The van der Waals surface area contributed by atoms with Gasteiger partial charge in [-0.05, 0) is 31.9 Å². The van der Waals surface area contributed by atoms with Crippen molar-refractivity contribution in [2.45, 2.75) is 45.3 Å². The third kappa shape index (κ3) is 3.39. The Bertz CT molecular complexity index is 629. The lowest BCUT2D eigenvalue weighted by molar-refractivity contribution is 0.101. The zero-order chi connectivity index (χ0) is 15.4. The van der Waals surface area contributed by atoms with E-state index in [1.165, 1.54) is 24.2 Å². The van der Waals surface area contributed by atoms with E-state index in [2.05, 4.69) is 14.9 Å². The van der Waals surface area contributed by atoms with Crippen molar-refractivity contribution in [1.29, 1.82) is 0 Å². The summed E-state index contributed by atoms with van der Waals surface area (Å²) >= 11 is 1.43. The second-order valence-electron chi connectivity index (χ2n) is 5.47. The summed E-state index contributed by atoms with van der Waals surface area (Å²) in [5.41, 5.74) is 1.57. The van der Waals surface area contributed by atoms with Gasteiger partial charge in [-0.25, -0.2) is 4.98 Å². The summed E-state index contributed by atoms with van der Waals surface area (Å²) < 4.78 is 7.43. The van der Waals surface area contributed by atoms with E-state index in [1.807, 2.05) is 30.6 Å². The number of nitrogens with one attached hydrogen (secondary N) is 1. The molecule has 5 nitrogen and oxygen atoms in total. The Morgan fingerprint density at radius 2 is 2.32 bits per heavy atom. The summed E-state index contributed by atoms with van der Waals surface area (Å²) in [7, 11) is 0. The number of carbonyl (C=O) groups is 1. The van der Waals surface area contributed by atoms with Crippen LogP contribution in [0.25, 0.3) is 0 Å². The number of amides is 1. The van der Waals surface area contributed by atoms with E-state index in [4.69, 9.17) is 4.74 Å². The minimum atomic E-state index is -0.0887. The van der Waals surface area contributed by atoms with Crippen molar-refractivity contribution in [3.05, 3.63) is 35.1 Å². The normalized spacial score (nSPS) is 15.3. The van der Waals surface area contributed by atoms with Gasteiger partial charge in [0.2, 0.25) is 0 Å². The Balaban J connectivity index is 1.67. The van der Waals surface area contributed by atoms with Crippen molar-refractivity contribution in [1.82, 2.24) is 9.55 Å². The number of hydrogen-bond acceptors (Lipinski definition) is 4. The SMILES string of the molecule is CCOCc1csc(NC(=O)c2cccn2C2CCCC2)n1. The van der Waals surface area contributed by atoms with E-state index in [0.717, 1.165) is 18.5 Å². The third-order valence-corrected chi connectivity index (χ3v) is 4.76. The van der Waals surface area contributed by atoms with Crippen LogP contribution in [0, 0.1) is 0 Å². The largest absolute Gasteiger partial charge is 0.375 e. The number of rotatable bonds is 6. The van der Waals surface area contributed by atoms with Gasteiger partial charge in [-0.1, -0.05) is 12.8 Å². The van der Waals surface area contributed by atoms with Gasteiger partial charge in [0.15, 0.2) is 5.13 Å². The molecule has 1 fully saturated rings. The maximum absolute atomic E-state index is 12.5. The molecule has 0 aliphatic heterocycles. The molecule has 1 amide bonds. The molecule has 2 aromatic heterocycles. The molecular formula is C16H21N3O2S. The molecule has 22 heavy (non-hydrogen) atoms. The van der Waals surface area contributed by atoms with E-state index >= 15 is 0 Å². The van der Waals surface area contributed by atoms with Gasteiger partial charge in [0.05, 0.1) is 12.3 Å². The van der Waals surface area contributed by atoms with E-state index < -0.39 is 0 Å². The second kappa shape index (κ2) is 7.07. The molecular weight excluding hydrogens is 298 g/mol. The highest BCUT2D eigenvalue weighted by molar-refractivity contribution is 7.13. The number of thiazole rings is 1. The minimum Gasteiger partial charge on any atom is -0.375 e. The average Bonchev–Trinajstić information content (AvgIpc) is 3.25. The van der Waals surface area contributed by atoms with Gasteiger partial charge in [-0.2, -0.15) is 0 Å². The van der Waals surface area contributed by atoms with Gasteiger partial charge in [-0.15, -0.1) is 11.3 Å². The molecule has 3 rings (SSSR count). The van der Waals surface area contributed by atoms with Crippen LogP contribution in [0.3, 0.4) is 0 Å². The van der Waals surface area contributed by atoms with E-state index in [0.29, 0.717) is 30.1 Å². The Morgan fingerprint density at radius 3 is 3.09 bits per heavy atom. The Morgan fingerprint density at radius 1 is 1.50 bits per heavy atom. The standard InChI is InChI=1S/C16H21N3O2S/c1-2-21-10-12-11-22-16(17-12)18-15(20)14-8-5-9-19(14)13-6-3-4-7-13/h5,8-9,11,13H,2-4,6-7,10H2,1H3,(H,17,18,20). The number of ether oxygens (including phenoxy) is 1. The summed E-state index contributed by atoms with van der Waals surface area (Å²) in [6, 6.07) is 4.28. The van der Waals surface area contributed by atoms with E-state index in [9.17, 15) is 4.79 Å². The molecule has 1 aliphatic carbocycles. The molecule has 1 saturated carbocycles. The van der Waals surface area contributed by atoms with Crippen LogP contribution in [0.15, 0.2) is 23.7 Å². The zero-order valence-corrected chi connectivity index (χ0v) is 13.6. The van der Waals surface area contributed by atoms with Gasteiger partial charge in [0, 0.05) is 24.2 Å². The van der Waals surface area contributed by atoms with Crippen LogP contribution < -0.4 is 5.32 Å². The van der Waals surface area contributed by atoms with Crippen molar-refractivity contribution in [2.75, 3.05) is 11.9 Å². The first-order valence-electron chi connectivity index (χ1n) is 7.78. The van der Waals surface area contributed by atoms with Crippen molar-refractivity contribution in [3.63, 3.8) is 0 Å². The fourth-order valence-electron chi connectivity index (χ4n) is 2.89. The van der Waals surface area contributed by atoms with Crippen LogP contribution in [0.4, 0.5) is 5.13 Å². The van der Waals surface area contributed by atoms with Crippen LogP contribution in [0.5, 0.6) is 0 Å². The number of hydrogen-bond donors (Lipinski definition) is 1. The molecule has 1 N–H and O–H groups in total. The van der Waals surface area contributed by atoms with E-state index in [1.54, 1.807) is 0 Å². The molecule has 0 aromatic carbocycles. The number of nitrogens with zero attached hydrogens (tertiary/aromatic N) is 2. The van der Waals surface area contributed by atoms with Gasteiger partial charge in [0.1, 0.15) is 5.69 Å². The van der Waals surface area contributed by atoms with E-state index in [-0.39, 0.29) is 5.91 Å².